The first kappa shape index (κ1) is 19.1. The van der Waals surface area contributed by atoms with Gasteiger partial charge >= 0.3 is 17.6 Å². The molecule has 10 nitrogen and oxygen atoms in total. The van der Waals surface area contributed by atoms with Crippen molar-refractivity contribution in [2.45, 2.75) is 32.7 Å². The number of carbonyl (C=O) groups excluding carboxylic acids is 3. The summed E-state index contributed by atoms with van der Waals surface area (Å²) < 4.78 is 9.75. The molecule has 1 heterocycles. The summed E-state index contributed by atoms with van der Waals surface area (Å²) in [6.07, 6.45) is 0.506. The molecule has 0 fully saturated rings. The minimum absolute atomic E-state index is 0.0540. The van der Waals surface area contributed by atoms with Gasteiger partial charge in [0.15, 0.2) is 0 Å². The van der Waals surface area contributed by atoms with E-state index in [1.165, 1.54) is 13.8 Å². The van der Waals surface area contributed by atoms with Crippen LogP contribution in [0.3, 0.4) is 0 Å². The van der Waals surface area contributed by atoms with Crippen LogP contribution in [0.1, 0.15) is 26.3 Å². The maximum Gasteiger partial charge on any atom is 0.344 e. The van der Waals surface area contributed by atoms with Crippen molar-refractivity contribution in [3.05, 3.63) is 32.6 Å². The number of esters is 2. The molecule has 3 N–H and O–H groups in total. The molecule has 0 aliphatic carbocycles. The summed E-state index contributed by atoms with van der Waals surface area (Å²) in [7, 11) is 0. The van der Waals surface area contributed by atoms with Crippen molar-refractivity contribution in [1.29, 1.82) is 0 Å². The van der Waals surface area contributed by atoms with Crippen molar-refractivity contribution < 1.29 is 23.9 Å². The molecule has 0 radical (unpaired) electrons. The number of amides is 1. The highest BCUT2D eigenvalue weighted by atomic mass is 16.6. The van der Waals surface area contributed by atoms with Crippen LogP contribution in [0, 0.1) is 0 Å². The van der Waals surface area contributed by atoms with E-state index in [0.29, 0.717) is 0 Å². The van der Waals surface area contributed by atoms with Gasteiger partial charge in [-0.2, -0.15) is 0 Å². The lowest BCUT2D eigenvalue weighted by atomic mass is 9.91. The maximum absolute atomic E-state index is 12.4. The third kappa shape index (κ3) is 4.31. The quantitative estimate of drug-likeness (QED) is 0.408. The number of H-pyrrole nitrogens is 2. The van der Waals surface area contributed by atoms with Crippen molar-refractivity contribution in [1.82, 2.24) is 15.3 Å². The van der Waals surface area contributed by atoms with Gasteiger partial charge in [0.1, 0.15) is 0 Å². The molecule has 0 aromatic carbocycles. The SMILES string of the molecule is CCOC(=O)C(Cc1c[nH]c(=O)[nH]c1=O)(NC(C)=O)C(=O)OCC. The van der Waals surface area contributed by atoms with Gasteiger partial charge in [0, 0.05) is 25.1 Å². The molecule has 0 aliphatic heterocycles. The van der Waals surface area contributed by atoms with Crippen molar-refractivity contribution in [3.8, 4) is 0 Å². The Hall–Kier alpha value is -2.91. The molecular formula is C14H19N3O7. The Labute approximate surface area is 136 Å². The fraction of sp³-hybridized carbons (Fsp3) is 0.500. The van der Waals surface area contributed by atoms with E-state index in [0.717, 1.165) is 13.1 Å². The van der Waals surface area contributed by atoms with Gasteiger partial charge in [-0.1, -0.05) is 0 Å². The molecule has 10 heteroatoms. The molecule has 1 aromatic rings. The fourth-order valence-corrected chi connectivity index (χ4v) is 2.04. The highest BCUT2D eigenvalue weighted by molar-refractivity contribution is 6.08. The summed E-state index contributed by atoms with van der Waals surface area (Å²) in [5.74, 6) is -2.83. The van der Waals surface area contributed by atoms with Gasteiger partial charge in [0.2, 0.25) is 11.4 Å². The highest BCUT2D eigenvalue weighted by Gasteiger charge is 2.50. The number of aromatic amines is 2. The van der Waals surface area contributed by atoms with Crippen LogP contribution in [-0.4, -0.2) is 46.6 Å². The van der Waals surface area contributed by atoms with Crippen LogP contribution in [0.2, 0.25) is 0 Å². The summed E-state index contributed by atoms with van der Waals surface area (Å²) in [4.78, 5) is 63.5. The normalized spacial score (nSPS) is 10.8. The molecule has 0 spiro atoms. The minimum Gasteiger partial charge on any atom is -0.464 e. The Morgan fingerprint density at radius 2 is 1.67 bits per heavy atom. The lowest BCUT2D eigenvalue weighted by Crippen LogP contribution is -2.63. The lowest BCUT2D eigenvalue weighted by molar-refractivity contribution is -0.168. The summed E-state index contributed by atoms with van der Waals surface area (Å²) >= 11 is 0. The van der Waals surface area contributed by atoms with Crippen molar-refractivity contribution >= 4 is 17.8 Å². The fourth-order valence-electron chi connectivity index (χ4n) is 2.04. The van der Waals surface area contributed by atoms with Crippen molar-refractivity contribution in [3.63, 3.8) is 0 Å². The number of carbonyl (C=O) groups is 3. The molecule has 0 bridgehead atoms. The van der Waals surface area contributed by atoms with E-state index in [1.54, 1.807) is 0 Å². The monoisotopic (exact) mass is 341 g/mol. The van der Waals surface area contributed by atoms with Crippen LogP contribution in [0.15, 0.2) is 15.8 Å². The first-order valence-corrected chi connectivity index (χ1v) is 7.20. The Morgan fingerprint density at radius 3 is 2.08 bits per heavy atom. The Kier molecular flexibility index (Phi) is 6.45. The van der Waals surface area contributed by atoms with Gasteiger partial charge in [0.25, 0.3) is 5.56 Å². The van der Waals surface area contributed by atoms with Gasteiger partial charge in [-0.05, 0) is 13.8 Å². The van der Waals surface area contributed by atoms with Crippen molar-refractivity contribution in [2.24, 2.45) is 0 Å². The standard InChI is InChI=1S/C14H19N3O7/c1-4-23-11(20)14(17-8(3)18,12(21)24-5-2)6-9-7-15-13(22)16-10(9)19/h7H,4-6H2,1-3H3,(H,17,18)(H2,15,16,19,22). The van der Waals surface area contributed by atoms with Crippen molar-refractivity contribution in [2.75, 3.05) is 13.2 Å². The van der Waals surface area contributed by atoms with E-state index in [2.05, 4.69) is 10.3 Å². The zero-order chi connectivity index (χ0) is 18.3. The molecule has 1 amide bonds. The van der Waals surface area contributed by atoms with E-state index in [-0.39, 0.29) is 18.8 Å². The third-order valence-corrected chi connectivity index (χ3v) is 2.99. The lowest BCUT2D eigenvalue weighted by Gasteiger charge is -2.29. The Morgan fingerprint density at radius 1 is 1.12 bits per heavy atom. The third-order valence-electron chi connectivity index (χ3n) is 2.99. The molecular weight excluding hydrogens is 322 g/mol. The highest BCUT2D eigenvalue weighted by Crippen LogP contribution is 2.16. The second-order valence-electron chi connectivity index (χ2n) is 4.80. The largest absolute Gasteiger partial charge is 0.464 e. The molecule has 0 aliphatic rings. The predicted octanol–water partition coefficient (Wildman–Crippen LogP) is -1.39. The molecule has 0 unspecified atom stereocenters. The second kappa shape index (κ2) is 8.09. The number of aromatic nitrogens is 2. The molecule has 1 rings (SSSR count). The molecule has 0 saturated heterocycles. The number of hydrogen-bond donors (Lipinski definition) is 3. The molecule has 0 atom stereocenters. The molecule has 24 heavy (non-hydrogen) atoms. The van der Waals surface area contributed by atoms with Crippen LogP contribution in [0.5, 0.6) is 0 Å². The number of hydrogen-bond acceptors (Lipinski definition) is 7. The van der Waals surface area contributed by atoms with E-state index in [9.17, 15) is 24.0 Å². The first-order valence-electron chi connectivity index (χ1n) is 7.20. The summed E-state index contributed by atoms with van der Waals surface area (Å²) in [5.41, 5.74) is -3.89. The maximum atomic E-state index is 12.4. The molecule has 132 valence electrons. The zero-order valence-electron chi connectivity index (χ0n) is 13.6. The van der Waals surface area contributed by atoms with Crippen LogP contribution < -0.4 is 16.6 Å². The minimum atomic E-state index is -2.23. The average molecular weight is 341 g/mol. The Balaban J connectivity index is 3.44. The van der Waals surface area contributed by atoms with Gasteiger partial charge in [0.05, 0.1) is 13.2 Å². The van der Waals surface area contributed by atoms with Gasteiger partial charge in [-0.15, -0.1) is 0 Å². The van der Waals surface area contributed by atoms with Gasteiger partial charge < -0.3 is 19.8 Å². The van der Waals surface area contributed by atoms with Crippen LogP contribution in [-0.2, 0) is 30.3 Å². The zero-order valence-corrected chi connectivity index (χ0v) is 13.6. The van der Waals surface area contributed by atoms with Crippen LogP contribution in [0.25, 0.3) is 0 Å². The van der Waals surface area contributed by atoms with E-state index < -0.39 is 41.1 Å². The van der Waals surface area contributed by atoms with E-state index in [4.69, 9.17) is 9.47 Å². The predicted molar refractivity (Wildman–Crippen MR) is 81.2 cm³/mol. The van der Waals surface area contributed by atoms with Crippen LogP contribution in [0.4, 0.5) is 0 Å². The number of nitrogens with one attached hydrogen (secondary N) is 3. The number of rotatable bonds is 7. The Bertz CT molecular complexity index is 716. The number of ether oxygens (including phenoxy) is 2. The first-order chi connectivity index (χ1) is 11.3. The molecule has 0 saturated carbocycles. The topological polar surface area (TPSA) is 147 Å². The summed E-state index contributed by atoms with van der Waals surface area (Å²) in [6.45, 7) is 4.04. The van der Waals surface area contributed by atoms with E-state index >= 15 is 0 Å². The van der Waals surface area contributed by atoms with E-state index in [1.807, 2.05) is 4.98 Å². The van der Waals surface area contributed by atoms with Crippen LogP contribution >= 0.6 is 0 Å². The average Bonchev–Trinajstić information content (AvgIpc) is 2.49. The second-order valence-corrected chi connectivity index (χ2v) is 4.80. The molecule has 1 aromatic heterocycles. The summed E-state index contributed by atoms with van der Waals surface area (Å²) in [5, 5.41) is 2.22. The summed E-state index contributed by atoms with van der Waals surface area (Å²) in [6, 6.07) is 0. The van der Waals surface area contributed by atoms with Gasteiger partial charge in [-0.3, -0.25) is 14.6 Å². The van der Waals surface area contributed by atoms with Gasteiger partial charge in [-0.25, -0.2) is 14.4 Å². The smallest absolute Gasteiger partial charge is 0.344 e.